The first-order chi connectivity index (χ1) is 9.42. The van der Waals surface area contributed by atoms with Gasteiger partial charge in [-0.3, -0.25) is 4.79 Å². The molecule has 2 amide bonds. The Morgan fingerprint density at radius 3 is 2.75 bits per heavy atom. The highest BCUT2D eigenvalue weighted by Gasteiger charge is 2.14. The summed E-state index contributed by atoms with van der Waals surface area (Å²) in [4.78, 5) is 22.2. The van der Waals surface area contributed by atoms with Crippen LogP contribution in [0.5, 0.6) is 0 Å². The fraction of sp³-hybridized carbons (Fsp3) is 0.333. The van der Waals surface area contributed by atoms with E-state index >= 15 is 0 Å². The van der Waals surface area contributed by atoms with E-state index in [2.05, 4.69) is 10.6 Å². The van der Waals surface area contributed by atoms with Gasteiger partial charge in [0.15, 0.2) is 0 Å². The third kappa shape index (κ3) is 5.70. The van der Waals surface area contributed by atoms with Crippen molar-refractivity contribution in [1.82, 2.24) is 5.32 Å². The van der Waals surface area contributed by atoms with E-state index in [1.165, 1.54) is 25.3 Å². The van der Waals surface area contributed by atoms with Crippen LogP contribution < -0.4 is 10.6 Å². The number of carbonyl (C=O) groups excluding carboxylic acids is 1. The van der Waals surface area contributed by atoms with Crippen molar-refractivity contribution in [3.8, 4) is 0 Å². The molecule has 1 aromatic carbocycles. The van der Waals surface area contributed by atoms with Crippen molar-refractivity contribution in [2.24, 2.45) is 0 Å². The predicted octanol–water partition coefficient (Wildman–Crippen LogP) is 2.04. The highest BCUT2D eigenvalue weighted by atomic mass is 127. The molecule has 3 N–H and O–H groups in total. The van der Waals surface area contributed by atoms with E-state index in [-0.39, 0.29) is 18.8 Å². The Kier molecular flexibility index (Phi) is 6.65. The van der Waals surface area contributed by atoms with Gasteiger partial charge < -0.3 is 20.5 Å². The highest BCUT2D eigenvalue weighted by molar-refractivity contribution is 14.1. The van der Waals surface area contributed by atoms with Gasteiger partial charge in [0.25, 0.3) is 0 Å². The molecule has 0 fully saturated rings. The number of halogens is 2. The molecule has 1 unspecified atom stereocenters. The van der Waals surface area contributed by atoms with Crippen LogP contribution in [0.1, 0.15) is 6.42 Å². The summed E-state index contributed by atoms with van der Waals surface area (Å²) in [5.41, 5.74) is 0.469. The molecule has 6 nitrogen and oxygen atoms in total. The lowest BCUT2D eigenvalue weighted by molar-refractivity contribution is -0.139. The maximum atomic E-state index is 12.9. The summed E-state index contributed by atoms with van der Waals surface area (Å²) in [6.45, 7) is 0.0619. The third-order valence-corrected chi connectivity index (χ3v) is 3.30. The molecule has 8 heteroatoms. The number of amides is 2. The van der Waals surface area contributed by atoms with Gasteiger partial charge in [0.05, 0.1) is 18.2 Å². The molecule has 0 radical (unpaired) electrons. The second kappa shape index (κ2) is 8.00. The van der Waals surface area contributed by atoms with Gasteiger partial charge in [-0.05, 0) is 40.8 Å². The van der Waals surface area contributed by atoms with E-state index in [4.69, 9.17) is 9.84 Å². The molecule has 0 aliphatic carbocycles. The molecule has 1 rings (SSSR count). The molecule has 0 saturated heterocycles. The molecule has 0 spiro atoms. The lowest BCUT2D eigenvalue weighted by atomic mass is 10.2. The molecular weight excluding hydrogens is 382 g/mol. The van der Waals surface area contributed by atoms with Crippen molar-refractivity contribution in [3.63, 3.8) is 0 Å². The Morgan fingerprint density at radius 1 is 1.50 bits per heavy atom. The maximum Gasteiger partial charge on any atom is 0.319 e. The molecule has 20 heavy (non-hydrogen) atoms. The number of carboxylic acid groups (broad SMARTS) is 1. The number of methoxy groups -OCH3 is 1. The Morgan fingerprint density at radius 2 is 2.20 bits per heavy atom. The lowest BCUT2D eigenvalue weighted by Gasteiger charge is -2.14. The van der Waals surface area contributed by atoms with Crippen LogP contribution in [0.25, 0.3) is 0 Å². The normalized spacial score (nSPS) is 11.8. The predicted molar refractivity (Wildman–Crippen MR) is 79.2 cm³/mol. The van der Waals surface area contributed by atoms with Gasteiger partial charge in [-0.25, -0.2) is 9.18 Å². The number of urea groups is 1. The number of carbonyl (C=O) groups is 2. The molecule has 0 aliphatic heterocycles. The summed E-state index contributed by atoms with van der Waals surface area (Å²) in [7, 11) is 1.37. The number of ether oxygens (including phenoxy) is 1. The number of anilines is 1. The highest BCUT2D eigenvalue weighted by Crippen LogP contribution is 2.18. The number of benzene rings is 1. The fourth-order valence-electron chi connectivity index (χ4n) is 1.40. The Balaban J connectivity index is 2.49. The standard InChI is InChI=1S/C12H14FIN2O4/c1-20-8(5-11(17)18)6-15-12(19)16-10-3-2-7(13)4-9(10)14/h2-4,8H,5-6H2,1H3,(H,17,18)(H2,15,16,19). The minimum Gasteiger partial charge on any atom is -0.481 e. The zero-order chi connectivity index (χ0) is 15.1. The Labute approximate surface area is 128 Å². The molecule has 1 aromatic rings. The van der Waals surface area contributed by atoms with Crippen LogP contribution in [0.4, 0.5) is 14.9 Å². The van der Waals surface area contributed by atoms with Gasteiger partial charge in [-0.2, -0.15) is 0 Å². The van der Waals surface area contributed by atoms with Crippen LogP contribution in [0.15, 0.2) is 18.2 Å². The summed E-state index contributed by atoms with van der Waals surface area (Å²) in [6, 6.07) is 3.46. The maximum absolute atomic E-state index is 12.9. The number of rotatable bonds is 6. The quantitative estimate of drug-likeness (QED) is 0.643. The van der Waals surface area contributed by atoms with Crippen molar-refractivity contribution in [2.75, 3.05) is 19.0 Å². The van der Waals surface area contributed by atoms with Crippen molar-refractivity contribution in [3.05, 3.63) is 27.6 Å². The van der Waals surface area contributed by atoms with Gasteiger partial charge in [0.2, 0.25) is 0 Å². The molecule has 1 atom stereocenters. The summed E-state index contributed by atoms with van der Waals surface area (Å²) < 4.78 is 18.4. The van der Waals surface area contributed by atoms with Gasteiger partial charge in [-0.1, -0.05) is 0 Å². The van der Waals surface area contributed by atoms with Crippen LogP contribution in [0.3, 0.4) is 0 Å². The van der Waals surface area contributed by atoms with Crippen molar-refractivity contribution >= 4 is 40.3 Å². The Bertz CT molecular complexity index is 498. The van der Waals surface area contributed by atoms with E-state index in [1.807, 2.05) is 22.6 Å². The number of carboxylic acids is 1. The number of aliphatic carboxylic acids is 1. The second-order valence-corrected chi connectivity index (χ2v) is 5.08. The smallest absolute Gasteiger partial charge is 0.319 e. The first-order valence-corrected chi connectivity index (χ1v) is 6.74. The zero-order valence-corrected chi connectivity index (χ0v) is 12.8. The van der Waals surface area contributed by atoms with Gasteiger partial charge in [0.1, 0.15) is 5.82 Å². The van der Waals surface area contributed by atoms with E-state index in [0.717, 1.165) is 0 Å². The number of hydrogen-bond donors (Lipinski definition) is 3. The van der Waals surface area contributed by atoms with Crippen molar-refractivity contribution in [2.45, 2.75) is 12.5 Å². The molecular formula is C12H14FIN2O4. The molecule has 110 valence electrons. The summed E-state index contributed by atoms with van der Waals surface area (Å²) in [5, 5.41) is 13.7. The largest absolute Gasteiger partial charge is 0.481 e. The van der Waals surface area contributed by atoms with Gasteiger partial charge >= 0.3 is 12.0 Å². The van der Waals surface area contributed by atoms with Gasteiger partial charge in [-0.15, -0.1) is 0 Å². The average molecular weight is 396 g/mol. The SMILES string of the molecule is COC(CNC(=O)Nc1ccc(F)cc1I)CC(=O)O. The fourth-order valence-corrected chi connectivity index (χ4v) is 2.01. The van der Waals surface area contributed by atoms with Crippen LogP contribution in [-0.4, -0.2) is 36.9 Å². The average Bonchev–Trinajstić information content (AvgIpc) is 2.37. The zero-order valence-electron chi connectivity index (χ0n) is 10.7. The minimum atomic E-state index is -1.01. The topological polar surface area (TPSA) is 87.7 Å². The first kappa shape index (κ1) is 16.6. The number of hydrogen-bond acceptors (Lipinski definition) is 3. The molecule has 0 aromatic heterocycles. The molecule has 0 heterocycles. The van der Waals surface area contributed by atoms with Crippen molar-refractivity contribution in [1.29, 1.82) is 0 Å². The van der Waals surface area contributed by atoms with Crippen LogP contribution in [-0.2, 0) is 9.53 Å². The Hall–Kier alpha value is -1.42. The van der Waals surface area contributed by atoms with E-state index in [0.29, 0.717) is 9.26 Å². The first-order valence-electron chi connectivity index (χ1n) is 5.67. The van der Waals surface area contributed by atoms with Crippen LogP contribution in [0.2, 0.25) is 0 Å². The molecule has 0 aliphatic rings. The summed E-state index contributed by atoms with van der Waals surface area (Å²) in [5.74, 6) is -1.39. The second-order valence-electron chi connectivity index (χ2n) is 3.91. The number of nitrogens with one attached hydrogen (secondary N) is 2. The summed E-state index contributed by atoms with van der Waals surface area (Å²) in [6.07, 6.45) is -0.809. The van der Waals surface area contributed by atoms with E-state index in [1.54, 1.807) is 0 Å². The monoisotopic (exact) mass is 396 g/mol. The van der Waals surface area contributed by atoms with E-state index in [9.17, 15) is 14.0 Å². The lowest BCUT2D eigenvalue weighted by Crippen LogP contribution is -2.37. The molecule has 0 saturated carbocycles. The summed E-state index contributed by atoms with van der Waals surface area (Å²) >= 11 is 1.90. The van der Waals surface area contributed by atoms with Crippen LogP contribution >= 0.6 is 22.6 Å². The minimum absolute atomic E-state index is 0.0619. The third-order valence-electron chi connectivity index (χ3n) is 2.41. The van der Waals surface area contributed by atoms with Crippen LogP contribution in [0, 0.1) is 9.39 Å². The van der Waals surface area contributed by atoms with E-state index < -0.39 is 18.1 Å². The molecule has 0 bridgehead atoms. The van der Waals surface area contributed by atoms with Crippen molar-refractivity contribution < 1.29 is 23.8 Å². The van der Waals surface area contributed by atoms with Gasteiger partial charge in [0, 0.05) is 17.2 Å².